The van der Waals surface area contributed by atoms with E-state index in [-0.39, 0.29) is 6.03 Å². The molecule has 0 radical (unpaired) electrons. The highest BCUT2D eigenvalue weighted by Crippen LogP contribution is 2.27. The number of amides is 2. The van der Waals surface area contributed by atoms with Crippen LogP contribution < -0.4 is 5.32 Å². The van der Waals surface area contributed by atoms with Gasteiger partial charge in [0.15, 0.2) is 0 Å². The summed E-state index contributed by atoms with van der Waals surface area (Å²) in [6.07, 6.45) is 2.52. The van der Waals surface area contributed by atoms with Crippen molar-refractivity contribution in [1.29, 1.82) is 0 Å². The normalized spacial score (nSPS) is 14.5. The number of hydrogen-bond donors (Lipinski definition) is 1. The Labute approximate surface area is 110 Å². The second kappa shape index (κ2) is 5.54. The van der Waals surface area contributed by atoms with Gasteiger partial charge in [-0.1, -0.05) is 28.1 Å². The molecule has 0 heterocycles. The molecule has 17 heavy (non-hydrogen) atoms. The van der Waals surface area contributed by atoms with Crippen LogP contribution in [0, 0.1) is 5.92 Å². The lowest BCUT2D eigenvalue weighted by atomic mass is 10.2. The Hall–Kier alpha value is -1.03. The van der Waals surface area contributed by atoms with E-state index in [4.69, 9.17) is 0 Å². The zero-order chi connectivity index (χ0) is 12.3. The van der Waals surface area contributed by atoms with Gasteiger partial charge < -0.3 is 10.2 Å². The van der Waals surface area contributed by atoms with Crippen molar-refractivity contribution < 1.29 is 4.79 Å². The van der Waals surface area contributed by atoms with E-state index in [1.54, 1.807) is 4.90 Å². The average Bonchev–Trinajstić information content (AvgIpc) is 3.13. The van der Waals surface area contributed by atoms with Gasteiger partial charge in [-0.05, 0) is 36.5 Å². The van der Waals surface area contributed by atoms with E-state index >= 15 is 0 Å². The second-order valence-corrected chi connectivity index (χ2v) is 5.53. The molecule has 0 atom stereocenters. The zero-order valence-corrected chi connectivity index (χ0v) is 11.5. The number of carbonyl (C=O) groups is 1. The summed E-state index contributed by atoms with van der Waals surface area (Å²) < 4.78 is 1.06. The van der Waals surface area contributed by atoms with Gasteiger partial charge in [0.2, 0.25) is 0 Å². The summed E-state index contributed by atoms with van der Waals surface area (Å²) >= 11 is 3.40. The molecule has 0 bridgehead atoms. The Balaban J connectivity index is 1.80. The highest BCUT2D eigenvalue weighted by atomic mass is 79.9. The molecule has 1 aliphatic carbocycles. The fourth-order valence-electron chi connectivity index (χ4n) is 1.62. The zero-order valence-electron chi connectivity index (χ0n) is 9.95. The minimum Gasteiger partial charge on any atom is -0.338 e. The fourth-order valence-corrected chi connectivity index (χ4v) is 1.89. The minimum absolute atomic E-state index is 0.0137. The first-order valence-corrected chi connectivity index (χ1v) is 6.68. The molecule has 0 aromatic heterocycles. The third-order valence-electron chi connectivity index (χ3n) is 2.92. The van der Waals surface area contributed by atoms with E-state index in [0.717, 1.165) is 22.5 Å². The van der Waals surface area contributed by atoms with Crippen molar-refractivity contribution in [3.8, 4) is 0 Å². The predicted octanol–water partition coefficient (Wildman–Crippen LogP) is 3.00. The molecule has 1 aliphatic rings. The molecule has 0 spiro atoms. The lowest BCUT2D eigenvalue weighted by Gasteiger charge is -2.18. The SMILES string of the molecule is CN(Cc1ccc(Br)cc1)C(=O)NCC1CC1. The van der Waals surface area contributed by atoms with Crippen molar-refractivity contribution in [1.82, 2.24) is 10.2 Å². The first-order valence-electron chi connectivity index (χ1n) is 5.88. The van der Waals surface area contributed by atoms with Crippen LogP contribution in [0.2, 0.25) is 0 Å². The van der Waals surface area contributed by atoms with E-state index in [9.17, 15) is 4.79 Å². The Morgan fingerprint density at radius 1 is 1.41 bits per heavy atom. The average molecular weight is 297 g/mol. The van der Waals surface area contributed by atoms with Gasteiger partial charge in [0.25, 0.3) is 0 Å². The molecular formula is C13H17BrN2O. The molecule has 2 rings (SSSR count). The molecule has 1 aromatic carbocycles. The summed E-state index contributed by atoms with van der Waals surface area (Å²) in [6, 6.07) is 8.04. The van der Waals surface area contributed by atoms with E-state index in [1.807, 2.05) is 31.3 Å². The lowest BCUT2D eigenvalue weighted by molar-refractivity contribution is 0.206. The van der Waals surface area contributed by atoms with Gasteiger partial charge in [0, 0.05) is 24.6 Å². The summed E-state index contributed by atoms with van der Waals surface area (Å²) in [5.74, 6) is 0.722. The Morgan fingerprint density at radius 3 is 2.65 bits per heavy atom. The Morgan fingerprint density at radius 2 is 2.06 bits per heavy atom. The van der Waals surface area contributed by atoms with Crippen molar-refractivity contribution >= 4 is 22.0 Å². The summed E-state index contributed by atoms with van der Waals surface area (Å²) in [5.41, 5.74) is 1.14. The topological polar surface area (TPSA) is 32.3 Å². The molecule has 2 amide bonds. The summed E-state index contributed by atoms with van der Waals surface area (Å²) in [4.78, 5) is 13.5. The van der Waals surface area contributed by atoms with Crippen LogP contribution in [-0.2, 0) is 6.54 Å². The smallest absolute Gasteiger partial charge is 0.317 e. The van der Waals surface area contributed by atoms with Gasteiger partial charge in [-0.3, -0.25) is 0 Å². The van der Waals surface area contributed by atoms with Crippen LogP contribution in [0.1, 0.15) is 18.4 Å². The van der Waals surface area contributed by atoms with Crippen LogP contribution in [0.5, 0.6) is 0 Å². The monoisotopic (exact) mass is 296 g/mol. The number of carbonyl (C=O) groups excluding carboxylic acids is 1. The number of hydrogen-bond acceptors (Lipinski definition) is 1. The highest BCUT2D eigenvalue weighted by molar-refractivity contribution is 9.10. The van der Waals surface area contributed by atoms with E-state index in [2.05, 4.69) is 21.2 Å². The molecule has 1 N–H and O–H groups in total. The van der Waals surface area contributed by atoms with Crippen LogP contribution in [0.25, 0.3) is 0 Å². The number of halogens is 1. The fraction of sp³-hybridized carbons (Fsp3) is 0.462. The molecule has 1 saturated carbocycles. The van der Waals surface area contributed by atoms with Crippen LogP contribution in [0.4, 0.5) is 4.79 Å². The first-order chi connectivity index (χ1) is 8.15. The van der Waals surface area contributed by atoms with Gasteiger partial charge in [0.1, 0.15) is 0 Å². The molecule has 1 fully saturated rings. The molecule has 4 heteroatoms. The molecular weight excluding hydrogens is 280 g/mol. The van der Waals surface area contributed by atoms with Crippen LogP contribution in [-0.4, -0.2) is 24.5 Å². The second-order valence-electron chi connectivity index (χ2n) is 4.61. The number of rotatable bonds is 4. The van der Waals surface area contributed by atoms with Gasteiger partial charge in [-0.2, -0.15) is 0 Å². The number of nitrogens with zero attached hydrogens (tertiary/aromatic N) is 1. The number of nitrogens with one attached hydrogen (secondary N) is 1. The standard InChI is InChI=1S/C13H17BrN2O/c1-16(13(17)15-8-10-2-3-10)9-11-4-6-12(14)7-5-11/h4-7,10H,2-3,8-9H2,1H3,(H,15,17). The summed E-state index contributed by atoms with van der Waals surface area (Å²) in [6.45, 7) is 1.47. The highest BCUT2D eigenvalue weighted by Gasteiger charge is 2.22. The molecule has 0 unspecified atom stereocenters. The third-order valence-corrected chi connectivity index (χ3v) is 3.45. The molecule has 1 aromatic rings. The van der Waals surface area contributed by atoms with Gasteiger partial charge in [0.05, 0.1) is 0 Å². The molecule has 92 valence electrons. The number of benzene rings is 1. The van der Waals surface area contributed by atoms with Crippen molar-refractivity contribution in [2.24, 2.45) is 5.92 Å². The van der Waals surface area contributed by atoms with E-state index < -0.39 is 0 Å². The van der Waals surface area contributed by atoms with Crippen LogP contribution in [0.15, 0.2) is 28.7 Å². The largest absolute Gasteiger partial charge is 0.338 e. The van der Waals surface area contributed by atoms with Gasteiger partial charge >= 0.3 is 6.03 Å². The van der Waals surface area contributed by atoms with Crippen molar-refractivity contribution in [3.05, 3.63) is 34.3 Å². The molecule has 3 nitrogen and oxygen atoms in total. The van der Waals surface area contributed by atoms with Crippen molar-refractivity contribution in [3.63, 3.8) is 0 Å². The third kappa shape index (κ3) is 4.04. The maximum Gasteiger partial charge on any atom is 0.317 e. The Bertz CT molecular complexity index is 387. The Kier molecular flexibility index (Phi) is 4.05. The quantitative estimate of drug-likeness (QED) is 0.910. The van der Waals surface area contributed by atoms with Gasteiger partial charge in [-0.25, -0.2) is 4.79 Å². The molecule has 0 saturated heterocycles. The number of urea groups is 1. The van der Waals surface area contributed by atoms with Crippen LogP contribution in [0.3, 0.4) is 0 Å². The maximum absolute atomic E-state index is 11.8. The minimum atomic E-state index is 0.0137. The molecule has 0 aliphatic heterocycles. The maximum atomic E-state index is 11.8. The van der Waals surface area contributed by atoms with E-state index in [1.165, 1.54) is 12.8 Å². The van der Waals surface area contributed by atoms with Crippen molar-refractivity contribution in [2.75, 3.05) is 13.6 Å². The first kappa shape index (κ1) is 12.4. The summed E-state index contributed by atoms with van der Waals surface area (Å²) in [7, 11) is 1.82. The van der Waals surface area contributed by atoms with Crippen molar-refractivity contribution in [2.45, 2.75) is 19.4 Å². The van der Waals surface area contributed by atoms with E-state index in [0.29, 0.717) is 6.54 Å². The summed E-state index contributed by atoms with van der Waals surface area (Å²) in [5, 5.41) is 2.95. The van der Waals surface area contributed by atoms with Gasteiger partial charge in [-0.15, -0.1) is 0 Å². The predicted molar refractivity (Wildman–Crippen MR) is 71.7 cm³/mol. The van der Waals surface area contributed by atoms with Crippen LogP contribution >= 0.6 is 15.9 Å². The lowest BCUT2D eigenvalue weighted by Crippen LogP contribution is -2.37.